The third-order valence-electron chi connectivity index (χ3n) is 15.7. The molecule has 8 aromatic carbocycles. The van der Waals surface area contributed by atoms with E-state index in [1.807, 2.05) is 24.3 Å². The number of nitro groups is 4. The van der Waals surface area contributed by atoms with E-state index in [1.165, 1.54) is 43.9 Å². The summed E-state index contributed by atoms with van der Waals surface area (Å²) in [4.78, 5) is 97.1. The minimum Gasteiger partial charge on any atom is -0.370 e. The fourth-order valence-corrected chi connectivity index (χ4v) is 12.8. The molecule has 4 N–H and O–H groups in total. The highest BCUT2D eigenvalue weighted by molar-refractivity contribution is 9.10. The van der Waals surface area contributed by atoms with Gasteiger partial charge in [0.05, 0.1) is 48.9 Å². The highest BCUT2D eigenvalue weighted by atomic mass is 79.9. The Morgan fingerprint density at radius 3 is 0.989 bits per heavy atom. The number of rotatable bonds is 16. The first-order valence-corrected chi connectivity index (χ1v) is 31.5. The van der Waals surface area contributed by atoms with E-state index in [0.717, 1.165) is 10.0 Å². The molecule has 0 radical (unpaired) electrons. The molecule has 0 spiro atoms. The van der Waals surface area contributed by atoms with Crippen LogP contribution in [0.5, 0.6) is 0 Å². The van der Waals surface area contributed by atoms with Crippen molar-refractivity contribution in [2.75, 3.05) is 45.8 Å². The second-order valence-corrected chi connectivity index (χ2v) is 25.8. The summed E-state index contributed by atoms with van der Waals surface area (Å²) >= 11 is 36.9. The number of amides is 4. The predicted molar refractivity (Wildman–Crippen MR) is 360 cm³/mol. The van der Waals surface area contributed by atoms with Crippen LogP contribution in [0.3, 0.4) is 0 Å². The largest absolute Gasteiger partial charge is 0.370 e. The van der Waals surface area contributed by atoms with Gasteiger partial charge in [-0.25, -0.2) is 0 Å². The Kier molecular flexibility index (Phi) is 21.5. The zero-order valence-electron chi connectivity index (χ0n) is 48.8. The van der Waals surface area contributed by atoms with Crippen molar-refractivity contribution >= 4 is 136 Å². The van der Waals surface area contributed by atoms with E-state index in [4.69, 9.17) is 58.0 Å². The Morgan fingerprint density at radius 1 is 0.347 bits per heavy atom. The first-order valence-electron chi connectivity index (χ1n) is 28.0. The molecule has 0 aromatic heterocycles. The van der Waals surface area contributed by atoms with Crippen molar-refractivity contribution in [1.29, 1.82) is 0 Å². The van der Waals surface area contributed by atoms with Gasteiger partial charge in [-0.1, -0.05) is 175 Å². The molecule has 0 saturated heterocycles. The minimum absolute atomic E-state index is 0.0904. The molecular formula is C64H49Br2Cl5N8O16. The van der Waals surface area contributed by atoms with E-state index >= 15 is 0 Å². The first kappa shape index (κ1) is 70.8. The summed E-state index contributed by atoms with van der Waals surface area (Å²) < 4.78 is 1.52. The van der Waals surface area contributed by atoms with Crippen LogP contribution in [0.25, 0.3) is 0 Å². The number of fused-ring (bicyclic) bond motifs is 4. The van der Waals surface area contributed by atoms with Crippen LogP contribution in [0, 0.1) is 40.5 Å². The van der Waals surface area contributed by atoms with Gasteiger partial charge >= 0.3 is 0 Å². The molecule has 4 aliphatic heterocycles. The van der Waals surface area contributed by atoms with Crippen LogP contribution in [-0.2, 0) is 67.8 Å². The van der Waals surface area contributed by atoms with Crippen molar-refractivity contribution in [3.63, 3.8) is 0 Å². The van der Waals surface area contributed by atoms with Crippen molar-refractivity contribution < 1.29 is 59.3 Å². The first-order chi connectivity index (χ1) is 44.9. The third kappa shape index (κ3) is 14.8. The lowest BCUT2D eigenvalue weighted by molar-refractivity contribution is -0.498. The summed E-state index contributed by atoms with van der Waals surface area (Å²) in [6.07, 6.45) is 0. The van der Waals surface area contributed by atoms with E-state index in [-0.39, 0.29) is 53.5 Å². The van der Waals surface area contributed by atoms with Crippen molar-refractivity contribution in [3.05, 3.63) is 295 Å². The zero-order chi connectivity index (χ0) is 69.1. The Morgan fingerprint density at radius 2 is 0.632 bits per heavy atom. The van der Waals surface area contributed by atoms with E-state index in [9.17, 15) is 80.1 Å². The number of anilines is 4. The van der Waals surface area contributed by atoms with Crippen molar-refractivity contribution in [2.24, 2.45) is 0 Å². The molecule has 8 aromatic rings. The van der Waals surface area contributed by atoms with Crippen LogP contribution >= 0.6 is 89.9 Å². The van der Waals surface area contributed by atoms with Crippen LogP contribution < -0.4 is 19.6 Å². The molecule has 4 heterocycles. The van der Waals surface area contributed by atoms with Crippen LogP contribution in [0.2, 0.25) is 25.1 Å². The lowest BCUT2D eigenvalue weighted by Gasteiger charge is -2.20. The molecule has 0 aliphatic carbocycles. The van der Waals surface area contributed by atoms with E-state index in [0.29, 0.717) is 64.0 Å². The molecule has 490 valence electrons. The summed E-state index contributed by atoms with van der Waals surface area (Å²) in [7, 11) is 0. The minimum atomic E-state index is -2.25. The fourth-order valence-electron chi connectivity index (χ4n) is 11.2. The van der Waals surface area contributed by atoms with Gasteiger partial charge in [0.15, 0.2) is 0 Å². The van der Waals surface area contributed by atoms with Gasteiger partial charge in [0.2, 0.25) is 48.6 Å². The van der Waals surface area contributed by atoms with Crippen LogP contribution in [-0.4, -0.2) is 89.9 Å². The monoisotopic (exact) mass is 1520 g/mol. The lowest BCUT2D eigenvalue weighted by Crippen LogP contribution is -2.44. The molecule has 95 heavy (non-hydrogen) atoms. The number of nitrogens with zero attached hydrogens (tertiary/aromatic N) is 8. The van der Waals surface area contributed by atoms with Gasteiger partial charge in [-0.15, -0.1) is 0 Å². The average molecular weight is 1520 g/mol. The Hall–Kier alpha value is -8.51. The van der Waals surface area contributed by atoms with Gasteiger partial charge in [-0.05, 0) is 113 Å². The molecule has 31 heteroatoms. The summed E-state index contributed by atoms with van der Waals surface area (Å²) in [5.41, 5.74) is -3.46. The fraction of sp³-hybridized carbons (Fsp3) is 0.188. The maximum Gasteiger partial charge on any atom is 0.271 e. The van der Waals surface area contributed by atoms with Crippen LogP contribution in [0.15, 0.2) is 185 Å². The van der Waals surface area contributed by atoms with Crippen molar-refractivity contribution in [2.45, 2.75) is 48.6 Å². The Labute approximate surface area is 580 Å². The SMILES string of the molecule is O=C1N(Cc2ccc(Br)cc2)c2ccc(Cl)cc2C1(O)C[N+](=O)[O-].O=C1N(Cc2ccccc2Cl)c2ccc(Br)cc2C1(O)C[N+](=O)[O-].O=C1N(Cc2ccccc2Cl)c2ccc(Cl)cc2C1(O)C[N+](=O)[O-].O=C1N(Cc2ccccc2Cl)c2ccccc2C1(O)C[N+](=O)[O-]. The van der Waals surface area contributed by atoms with Gasteiger partial charge in [-0.3, -0.25) is 59.6 Å². The molecule has 4 atom stereocenters. The second-order valence-electron chi connectivity index (χ2n) is 21.9. The number of hydrogen-bond acceptors (Lipinski definition) is 16. The normalized spacial score (nSPS) is 19.5. The molecule has 24 nitrogen and oxygen atoms in total. The smallest absolute Gasteiger partial charge is 0.271 e. The highest BCUT2D eigenvalue weighted by Gasteiger charge is 2.57. The third-order valence-corrected chi connectivity index (χ3v) is 18.3. The van der Waals surface area contributed by atoms with E-state index in [2.05, 4.69) is 31.9 Å². The quantitative estimate of drug-likeness (QED) is 0.0516. The van der Waals surface area contributed by atoms with Crippen molar-refractivity contribution in [1.82, 2.24) is 0 Å². The number of halogens is 7. The molecule has 0 fully saturated rings. The zero-order valence-corrected chi connectivity index (χ0v) is 55.8. The molecule has 0 bridgehead atoms. The van der Waals surface area contributed by atoms with E-state index in [1.54, 1.807) is 127 Å². The number of hydrogen-bond donors (Lipinski definition) is 4. The standard InChI is InChI=1S/2C16H12BrClN2O4.C16H12Cl2N2O4.C16H13ClN2O4/c17-11-3-1-10(2-4-11)8-19-14-6-5-12(18)7-13(14)16(22,15(19)21)9-20(23)24;2*17-11-5-6-14-12(7-11)16(22,9-20(23)24)15(21)19(14)8-10-3-1-2-4-13(10)18;17-13-7-3-1-5-11(13)9-18-14-8-4-2-6-12(14)16(21,15(18)20)10-19(22)23/h3*1-7,22H,8-9H2;1-8,21H,9-10H2. The number of aliphatic hydroxyl groups is 4. The second kappa shape index (κ2) is 28.8. The van der Waals surface area contributed by atoms with Gasteiger partial charge in [-0.2, -0.15) is 0 Å². The van der Waals surface area contributed by atoms with Crippen molar-refractivity contribution in [3.8, 4) is 0 Å². The van der Waals surface area contributed by atoms with Crippen LogP contribution in [0.4, 0.5) is 22.7 Å². The topological polar surface area (TPSA) is 335 Å². The molecular weight excluding hydrogens is 1470 g/mol. The molecule has 4 unspecified atom stereocenters. The Balaban J connectivity index is 0.000000149. The number of carbonyl (C=O) groups is 4. The highest BCUT2D eigenvalue weighted by Crippen LogP contribution is 2.47. The predicted octanol–water partition coefficient (Wildman–Crippen LogP) is 11.6. The number of benzene rings is 8. The summed E-state index contributed by atoms with van der Waals surface area (Å²) in [5.74, 6) is -2.93. The number of para-hydroxylation sites is 1. The number of carbonyl (C=O) groups excluding carboxylic acids is 4. The maximum atomic E-state index is 12.8. The molecule has 4 aliphatic rings. The average Bonchev–Trinajstić information content (AvgIpc) is 1.62. The summed E-state index contributed by atoms with van der Waals surface area (Å²) in [5, 5.41) is 88.5. The van der Waals surface area contributed by atoms with Crippen LogP contribution in [0.1, 0.15) is 44.5 Å². The summed E-state index contributed by atoms with van der Waals surface area (Å²) in [6.45, 7) is -3.07. The van der Waals surface area contributed by atoms with Gasteiger partial charge < -0.3 is 40.0 Å². The maximum absolute atomic E-state index is 12.8. The lowest BCUT2D eigenvalue weighted by atomic mass is 9.95. The van der Waals surface area contributed by atoms with Gasteiger partial charge in [0.25, 0.3) is 23.6 Å². The van der Waals surface area contributed by atoms with Gasteiger partial charge in [0.1, 0.15) is 0 Å². The van der Waals surface area contributed by atoms with E-state index < -0.39 is 91.9 Å². The Bertz CT molecular complexity index is 4270. The summed E-state index contributed by atoms with van der Waals surface area (Å²) in [6, 6.07) is 48.8. The molecule has 4 amide bonds. The molecule has 12 rings (SSSR count). The van der Waals surface area contributed by atoms with Gasteiger partial charge in [0, 0.05) is 76.0 Å². The molecule has 0 saturated carbocycles.